The van der Waals surface area contributed by atoms with Crippen molar-refractivity contribution in [3.05, 3.63) is 29.1 Å². The van der Waals surface area contributed by atoms with Crippen LogP contribution >= 0.6 is 15.9 Å². The highest BCUT2D eigenvalue weighted by molar-refractivity contribution is 9.09. The number of alkyl halides is 1. The van der Waals surface area contributed by atoms with Gasteiger partial charge in [-0.05, 0) is 0 Å². The van der Waals surface area contributed by atoms with Crippen molar-refractivity contribution in [2.24, 2.45) is 0 Å². The summed E-state index contributed by atoms with van der Waals surface area (Å²) < 4.78 is 113. The first kappa shape index (κ1) is 37.5. The zero-order valence-corrected chi connectivity index (χ0v) is 24.2. The fourth-order valence-electron chi connectivity index (χ4n) is 2.69. The van der Waals surface area contributed by atoms with Crippen molar-refractivity contribution in [1.29, 1.82) is 0 Å². The van der Waals surface area contributed by atoms with Crippen molar-refractivity contribution >= 4 is 21.9 Å². The van der Waals surface area contributed by atoms with E-state index in [1.165, 1.54) is 0 Å². The average molecular weight is 671 g/mol. The highest BCUT2D eigenvalue weighted by Gasteiger charge is 2.28. The lowest BCUT2D eigenvalue weighted by Crippen LogP contribution is -2.16. The second-order valence-electron chi connectivity index (χ2n) is 7.71. The summed E-state index contributed by atoms with van der Waals surface area (Å²) in [6.45, 7) is 5.93. The van der Waals surface area contributed by atoms with E-state index in [0.29, 0.717) is 79.3 Å². The molecule has 10 nitrogen and oxygen atoms in total. The Morgan fingerprint density at radius 2 is 0.707 bits per heavy atom. The molecule has 0 amide bonds. The van der Waals surface area contributed by atoms with Crippen molar-refractivity contribution in [1.82, 2.24) is 0 Å². The Kier molecular flexibility index (Phi) is 22.9. The molecule has 1 rings (SSSR count). The fraction of sp³-hybridized carbons (Fsp3) is 0.720. The van der Waals surface area contributed by atoms with Crippen LogP contribution in [-0.2, 0) is 42.7 Å². The van der Waals surface area contributed by atoms with Crippen molar-refractivity contribution in [3.8, 4) is 5.75 Å². The predicted molar refractivity (Wildman–Crippen MR) is 137 cm³/mol. The Morgan fingerprint density at radius 1 is 0.439 bits per heavy atom. The van der Waals surface area contributed by atoms with Gasteiger partial charge in [0.1, 0.15) is 0 Å². The summed E-state index contributed by atoms with van der Waals surface area (Å²) in [5.74, 6) is -14.1. The fourth-order valence-corrected chi connectivity index (χ4v) is 2.92. The number of hydrogen-bond donors (Lipinski definition) is 0. The first-order valence-electron chi connectivity index (χ1n) is 12.8. The molecule has 0 saturated carbocycles. The summed E-state index contributed by atoms with van der Waals surface area (Å²) in [5, 5.41) is 0.805. The minimum Gasteiger partial charge on any atom is -0.420 e. The van der Waals surface area contributed by atoms with Crippen LogP contribution in [0.4, 0.5) is 22.0 Å². The highest BCUT2D eigenvalue weighted by Crippen LogP contribution is 2.29. The SMILES string of the molecule is O=C(CCOCCOCCOCCOCCOCCOCCOCCOCCBr)Oc1c(F)c(F)c(F)c(F)c1F. The lowest BCUT2D eigenvalue weighted by Gasteiger charge is -2.09. The summed E-state index contributed by atoms with van der Waals surface area (Å²) in [5.41, 5.74) is 0. The van der Waals surface area contributed by atoms with Gasteiger partial charge in [-0.25, -0.2) is 13.2 Å². The summed E-state index contributed by atoms with van der Waals surface area (Å²) in [4.78, 5) is 11.6. The van der Waals surface area contributed by atoms with Crippen LogP contribution in [0.2, 0.25) is 0 Å². The molecular formula is C25H36BrF5O10. The van der Waals surface area contributed by atoms with Gasteiger partial charge in [0.15, 0.2) is 0 Å². The Bertz CT molecular complexity index is 811. The molecule has 0 spiro atoms. The summed E-state index contributed by atoms with van der Waals surface area (Å²) in [6.07, 6.45) is -0.481. The van der Waals surface area contributed by atoms with Gasteiger partial charge < -0.3 is 42.6 Å². The number of rotatable bonds is 27. The maximum Gasteiger partial charge on any atom is 0.313 e. The molecule has 0 atom stereocenters. The minimum absolute atomic E-state index is 0.0883. The molecule has 0 unspecified atom stereocenters. The first-order chi connectivity index (χ1) is 19.9. The molecule has 1 aromatic rings. The van der Waals surface area contributed by atoms with E-state index in [4.69, 9.17) is 37.9 Å². The maximum atomic E-state index is 13.5. The summed E-state index contributed by atoms with van der Waals surface area (Å²) in [6, 6.07) is 0. The lowest BCUT2D eigenvalue weighted by atomic mass is 10.2. The molecule has 0 saturated heterocycles. The number of halogens is 6. The van der Waals surface area contributed by atoms with Crippen molar-refractivity contribution < 1.29 is 69.4 Å². The molecule has 16 heteroatoms. The van der Waals surface area contributed by atoms with Crippen LogP contribution in [0.5, 0.6) is 5.75 Å². The van der Waals surface area contributed by atoms with Gasteiger partial charge in [0.05, 0.1) is 112 Å². The number of hydrogen-bond acceptors (Lipinski definition) is 10. The Labute approximate surface area is 243 Å². The number of carbonyl (C=O) groups is 1. The van der Waals surface area contributed by atoms with Crippen molar-refractivity contribution in [2.75, 3.05) is 111 Å². The number of carbonyl (C=O) groups excluding carboxylic acids is 1. The molecule has 0 N–H and O–H groups in total. The quantitative estimate of drug-likeness (QED) is 0.0264. The van der Waals surface area contributed by atoms with E-state index in [1.807, 2.05) is 0 Å². The largest absolute Gasteiger partial charge is 0.420 e. The van der Waals surface area contributed by atoms with Crippen molar-refractivity contribution in [2.45, 2.75) is 6.42 Å². The molecule has 0 bridgehead atoms. The van der Waals surface area contributed by atoms with Gasteiger partial charge in [-0.3, -0.25) is 4.79 Å². The van der Waals surface area contributed by atoms with Crippen LogP contribution < -0.4 is 4.74 Å². The monoisotopic (exact) mass is 670 g/mol. The molecule has 0 aliphatic heterocycles. The molecule has 0 heterocycles. The van der Waals surface area contributed by atoms with Crippen LogP contribution in [0.25, 0.3) is 0 Å². The number of benzene rings is 1. The lowest BCUT2D eigenvalue weighted by molar-refractivity contribution is -0.136. The third kappa shape index (κ3) is 17.9. The third-order valence-electron chi connectivity index (χ3n) is 4.66. The van der Waals surface area contributed by atoms with Crippen LogP contribution in [0, 0.1) is 29.1 Å². The first-order valence-corrected chi connectivity index (χ1v) is 13.9. The zero-order chi connectivity index (χ0) is 30.1. The topological polar surface area (TPSA) is 100 Å². The van der Waals surface area contributed by atoms with Gasteiger partial charge in [-0.1, -0.05) is 15.9 Å². The molecule has 0 fully saturated rings. The van der Waals surface area contributed by atoms with Crippen LogP contribution in [0.3, 0.4) is 0 Å². The molecule has 1 aromatic carbocycles. The maximum absolute atomic E-state index is 13.5. The smallest absolute Gasteiger partial charge is 0.313 e. The van der Waals surface area contributed by atoms with Crippen LogP contribution in [0.15, 0.2) is 0 Å². The van der Waals surface area contributed by atoms with E-state index >= 15 is 0 Å². The molecular weight excluding hydrogens is 635 g/mol. The standard InChI is InChI=1S/C25H36BrF5O10/c26-2-4-34-6-8-36-10-12-38-14-16-40-18-17-39-15-13-37-11-9-35-7-5-33-3-1-19(32)41-25-23(30)21(28)20(27)22(29)24(25)31/h1-18H2. The molecule has 0 radical (unpaired) electrons. The van der Waals surface area contributed by atoms with Crippen LogP contribution in [-0.4, -0.2) is 117 Å². The van der Waals surface area contributed by atoms with Gasteiger partial charge in [0, 0.05) is 5.33 Å². The Balaban J connectivity index is 1.83. The minimum atomic E-state index is -2.35. The number of esters is 1. The summed E-state index contributed by atoms with van der Waals surface area (Å²) in [7, 11) is 0. The molecule has 0 aromatic heterocycles. The van der Waals surface area contributed by atoms with E-state index in [2.05, 4.69) is 20.7 Å². The van der Waals surface area contributed by atoms with Gasteiger partial charge >= 0.3 is 5.97 Å². The zero-order valence-electron chi connectivity index (χ0n) is 22.6. The predicted octanol–water partition coefficient (Wildman–Crippen LogP) is 3.21. The Hall–Kier alpha value is -1.50. The van der Waals surface area contributed by atoms with Gasteiger partial charge in [0.2, 0.25) is 34.8 Å². The van der Waals surface area contributed by atoms with Crippen molar-refractivity contribution in [3.63, 3.8) is 0 Å². The molecule has 238 valence electrons. The van der Waals surface area contributed by atoms with E-state index in [9.17, 15) is 26.7 Å². The van der Waals surface area contributed by atoms with Gasteiger partial charge in [0.25, 0.3) is 0 Å². The molecule has 41 heavy (non-hydrogen) atoms. The third-order valence-corrected chi connectivity index (χ3v) is 4.99. The van der Waals surface area contributed by atoms with E-state index in [0.717, 1.165) is 5.33 Å². The Morgan fingerprint density at radius 3 is 1.02 bits per heavy atom. The highest BCUT2D eigenvalue weighted by atomic mass is 79.9. The second-order valence-corrected chi connectivity index (χ2v) is 8.50. The van der Waals surface area contributed by atoms with E-state index in [1.54, 1.807) is 0 Å². The molecule has 0 aliphatic rings. The van der Waals surface area contributed by atoms with E-state index < -0.39 is 47.2 Å². The van der Waals surface area contributed by atoms with Gasteiger partial charge in [-0.2, -0.15) is 8.78 Å². The summed E-state index contributed by atoms with van der Waals surface area (Å²) >= 11 is 3.27. The number of ether oxygens (including phenoxy) is 9. The second kappa shape index (κ2) is 25.0. The van der Waals surface area contributed by atoms with Crippen LogP contribution in [0.1, 0.15) is 6.42 Å². The van der Waals surface area contributed by atoms with Gasteiger partial charge in [-0.15, -0.1) is 0 Å². The average Bonchev–Trinajstić information content (AvgIpc) is 2.97. The van der Waals surface area contributed by atoms with E-state index in [-0.39, 0.29) is 26.4 Å². The molecule has 0 aliphatic carbocycles. The normalized spacial score (nSPS) is 11.4.